The Morgan fingerprint density at radius 2 is 1.80 bits per heavy atom. The smallest absolute Gasteiger partial charge is 0.229 e. The van der Waals surface area contributed by atoms with Crippen LogP contribution >= 0.6 is 34.8 Å². The number of nitrogens with zero attached hydrogens (tertiary/aromatic N) is 1. The topological polar surface area (TPSA) is 52.0 Å². The average Bonchev–Trinajstić information content (AvgIpc) is 2.77. The lowest BCUT2D eigenvalue weighted by Gasteiger charge is -2.04. The Morgan fingerprint density at radius 3 is 2.55 bits per heavy atom. The zero-order chi connectivity index (χ0) is 14.4. The molecule has 0 aliphatic rings. The number of nitrogens with two attached hydrogens (primary N) is 1. The van der Waals surface area contributed by atoms with Crippen molar-refractivity contribution in [3.8, 4) is 11.5 Å². The molecule has 1 heterocycles. The van der Waals surface area contributed by atoms with Crippen LogP contribution in [0.4, 0.5) is 10.1 Å². The minimum atomic E-state index is -0.584. The SMILES string of the molecule is Nc1c(Cl)cc(Cl)cc1-c1nc2cc(Cl)c(F)cc2o1. The van der Waals surface area contributed by atoms with E-state index in [0.29, 0.717) is 21.1 Å². The third-order valence-electron chi connectivity index (χ3n) is 2.76. The first kappa shape index (κ1) is 13.5. The van der Waals surface area contributed by atoms with Gasteiger partial charge in [-0.05, 0) is 18.2 Å². The number of nitrogen functional groups attached to an aromatic ring is 1. The highest BCUT2D eigenvalue weighted by Crippen LogP contribution is 2.36. The molecule has 7 heteroatoms. The molecule has 0 spiro atoms. The van der Waals surface area contributed by atoms with Crippen LogP contribution in [0.1, 0.15) is 0 Å². The van der Waals surface area contributed by atoms with Gasteiger partial charge in [-0.2, -0.15) is 0 Å². The molecule has 0 saturated carbocycles. The fraction of sp³-hybridized carbons (Fsp3) is 0. The number of rotatable bonds is 1. The van der Waals surface area contributed by atoms with Crippen molar-refractivity contribution in [1.82, 2.24) is 4.98 Å². The van der Waals surface area contributed by atoms with Gasteiger partial charge in [0.2, 0.25) is 5.89 Å². The summed E-state index contributed by atoms with van der Waals surface area (Å²) < 4.78 is 18.9. The minimum Gasteiger partial charge on any atom is -0.436 e. The number of aromatic nitrogens is 1. The van der Waals surface area contributed by atoms with E-state index < -0.39 is 5.82 Å². The zero-order valence-electron chi connectivity index (χ0n) is 9.75. The summed E-state index contributed by atoms with van der Waals surface area (Å²) in [5.41, 5.74) is 7.28. The summed E-state index contributed by atoms with van der Waals surface area (Å²) in [6, 6.07) is 5.63. The number of benzene rings is 2. The van der Waals surface area contributed by atoms with Crippen LogP contribution < -0.4 is 5.73 Å². The first-order valence-corrected chi connectivity index (χ1v) is 6.59. The molecule has 20 heavy (non-hydrogen) atoms. The van der Waals surface area contributed by atoms with Gasteiger partial charge in [-0.3, -0.25) is 0 Å². The molecule has 0 unspecified atom stereocenters. The molecule has 2 aromatic carbocycles. The highest BCUT2D eigenvalue weighted by Gasteiger charge is 2.16. The van der Waals surface area contributed by atoms with Crippen LogP contribution in [0.25, 0.3) is 22.6 Å². The Balaban J connectivity index is 2.25. The predicted molar refractivity (Wildman–Crippen MR) is 78.8 cm³/mol. The predicted octanol–water partition coefficient (Wildman–Crippen LogP) is 5.18. The molecule has 3 nitrogen and oxygen atoms in total. The number of anilines is 1. The Kier molecular flexibility index (Phi) is 3.24. The van der Waals surface area contributed by atoms with E-state index in [2.05, 4.69) is 4.98 Å². The first-order valence-electron chi connectivity index (χ1n) is 5.46. The van der Waals surface area contributed by atoms with Gasteiger partial charge in [-0.15, -0.1) is 0 Å². The fourth-order valence-corrected chi connectivity index (χ4v) is 2.45. The summed E-state index contributed by atoms with van der Waals surface area (Å²) >= 11 is 17.6. The molecule has 0 bridgehead atoms. The number of fused-ring (bicyclic) bond motifs is 1. The molecule has 0 amide bonds. The van der Waals surface area contributed by atoms with E-state index in [1.807, 2.05) is 0 Å². The van der Waals surface area contributed by atoms with E-state index in [4.69, 9.17) is 45.0 Å². The maximum atomic E-state index is 13.4. The van der Waals surface area contributed by atoms with Gasteiger partial charge in [0.15, 0.2) is 5.58 Å². The second-order valence-corrected chi connectivity index (χ2v) is 5.35. The van der Waals surface area contributed by atoms with Crippen LogP contribution in [0.3, 0.4) is 0 Å². The number of hydrogen-bond donors (Lipinski definition) is 1. The van der Waals surface area contributed by atoms with Crippen molar-refractivity contribution in [2.24, 2.45) is 0 Å². The van der Waals surface area contributed by atoms with E-state index in [-0.39, 0.29) is 22.2 Å². The molecular weight excluding hydrogens is 326 g/mol. The molecule has 0 aliphatic heterocycles. The van der Waals surface area contributed by atoms with Crippen LogP contribution in [0.15, 0.2) is 28.7 Å². The van der Waals surface area contributed by atoms with Gasteiger partial charge in [-0.1, -0.05) is 34.8 Å². The maximum absolute atomic E-state index is 13.4. The van der Waals surface area contributed by atoms with E-state index in [1.54, 1.807) is 6.07 Å². The molecule has 3 aromatic rings. The largest absolute Gasteiger partial charge is 0.436 e. The Labute approximate surface area is 128 Å². The van der Waals surface area contributed by atoms with E-state index >= 15 is 0 Å². The summed E-state index contributed by atoms with van der Waals surface area (Å²) in [7, 11) is 0. The molecule has 0 fully saturated rings. The fourth-order valence-electron chi connectivity index (χ4n) is 1.80. The molecule has 102 valence electrons. The molecule has 0 atom stereocenters. The van der Waals surface area contributed by atoms with Crippen LogP contribution in [-0.4, -0.2) is 4.98 Å². The van der Waals surface area contributed by atoms with Crippen molar-refractivity contribution in [2.45, 2.75) is 0 Å². The van der Waals surface area contributed by atoms with Crippen molar-refractivity contribution in [3.05, 3.63) is 45.2 Å². The molecule has 3 rings (SSSR count). The third kappa shape index (κ3) is 2.20. The van der Waals surface area contributed by atoms with Crippen LogP contribution in [0.2, 0.25) is 15.1 Å². The Morgan fingerprint density at radius 1 is 1.05 bits per heavy atom. The lowest BCUT2D eigenvalue weighted by Crippen LogP contribution is -1.91. The first-order chi connectivity index (χ1) is 9.45. The molecule has 0 aliphatic carbocycles. The van der Waals surface area contributed by atoms with Crippen molar-refractivity contribution in [2.75, 3.05) is 5.73 Å². The van der Waals surface area contributed by atoms with Gasteiger partial charge in [-0.25, -0.2) is 9.37 Å². The van der Waals surface area contributed by atoms with Crippen molar-refractivity contribution in [1.29, 1.82) is 0 Å². The van der Waals surface area contributed by atoms with Gasteiger partial charge in [0.25, 0.3) is 0 Å². The van der Waals surface area contributed by atoms with Gasteiger partial charge >= 0.3 is 0 Å². The second-order valence-electron chi connectivity index (χ2n) is 4.10. The van der Waals surface area contributed by atoms with E-state index in [1.165, 1.54) is 12.1 Å². The summed E-state index contributed by atoms with van der Waals surface area (Å²) in [6.45, 7) is 0. The highest BCUT2D eigenvalue weighted by atomic mass is 35.5. The maximum Gasteiger partial charge on any atom is 0.229 e. The summed E-state index contributed by atoms with van der Waals surface area (Å²) in [4.78, 5) is 4.21. The van der Waals surface area contributed by atoms with Crippen molar-refractivity contribution < 1.29 is 8.81 Å². The third-order valence-corrected chi connectivity index (χ3v) is 3.58. The summed E-state index contributed by atoms with van der Waals surface area (Å²) in [6.07, 6.45) is 0. The normalized spacial score (nSPS) is 11.2. The molecule has 0 saturated heterocycles. The van der Waals surface area contributed by atoms with E-state index in [0.717, 1.165) is 6.07 Å². The van der Waals surface area contributed by atoms with Gasteiger partial charge in [0.05, 0.1) is 21.3 Å². The second kappa shape index (κ2) is 4.81. The highest BCUT2D eigenvalue weighted by molar-refractivity contribution is 6.37. The average molecular weight is 332 g/mol. The number of oxazole rings is 1. The summed E-state index contributed by atoms with van der Waals surface area (Å²) in [5, 5.41) is 0.652. The number of hydrogen-bond acceptors (Lipinski definition) is 3. The van der Waals surface area contributed by atoms with E-state index in [9.17, 15) is 4.39 Å². The zero-order valence-corrected chi connectivity index (χ0v) is 12.0. The van der Waals surface area contributed by atoms with Gasteiger partial charge in [0.1, 0.15) is 11.3 Å². The Bertz CT molecular complexity index is 793. The lowest BCUT2D eigenvalue weighted by atomic mass is 10.2. The quantitative estimate of drug-likeness (QED) is 0.625. The summed E-state index contributed by atoms with van der Waals surface area (Å²) in [5.74, 6) is -0.387. The monoisotopic (exact) mass is 330 g/mol. The number of halogens is 4. The lowest BCUT2D eigenvalue weighted by molar-refractivity contribution is 0.603. The molecule has 1 aromatic heterocycles. The van der Waals surface area contributed by atoms with Crippen molar-refractivity contribution in [3.63, 3.8) is 0 Å². The van der Waals surface area contributed by atoms with Crippen LogP contribution in [0.5, 0.6) is 0 Å². The minimum absolute atomic E-state index is 0.0329. The molecular formula is C13H6Cl3FN2O. The molecule has 2 N–H and O–H groups in total. The van der Waals surface area contributed by atoms with Crippen molar-refractivity contribution >= 4 is 51.6 Å². The molecule has 0 radical (unpaired) electrons. The van der Waals surface area contributed by atoms with Crippen LogP contribution in [0, 0.1) is 5.82 Å². The van der Waals surface area contributed by atoms with Crippen LogP contribution in [-0.2, 0) is 0 Å². The van der Waals surface area contributed by atoms with Gasteiger partial charge in [0, 0.05) is 11.1 Å². The Hall–Kier alpha value is -1.49. The van der Waals surface area contributed by atoms with Gasteiger partial charge < -0.3 is 10.2 Å². The standard InChI is InChI=1S/C13H6Cl3FN2O/c14-5-1-6(12(18)8(16)2-5)13-19-10-3-7(15)9(17)4-11(10)20-13/h1-4H,18H2.